The summed E-state index contributed by atoms with van der Waals surface area (Å²) in [7, 11) is 0. The van der Waals surface area contributed by atoms with Crippen LogP contribution in [-0.2, 0) is 0 Å². The number of carbonyl (C=O) groups excluding carboxylic acids is 1. The van der Waals surface area contributed by atoms with Crippen LogP contribution in [0.15, 0.2) is 23.4 Å². The van der Waals surface area contributed by atoms with E-state index in [9.17, 15) is 9.18 Å². The van der Waals surface area contributed by atoms with Crippen LogP contribution in [0.4, 0.5) is 4.39 Å². The second kappa shape index (κ2) is 5.83. The molecule has 0 fully saturated rings. The van der Waals surface area contributed by atoms with Crippen LogP contribution < -0.4 is 11.1 Å². The number of aryl methyl sites for hydroxylation is 1. The number of hydrogen-bond acceptors (Lipinski definition) is 3. The molecule has 0 unspecified atom stereocenters. The topological polar surface area (TPSA) is 87.7 Å². The highest BCUT2D eigenvalue weighted by Gasteiger charge is 2.11. The zero-order valence-corrected chi connectivity index (χ0v) is 9.40. The summed E-state index contributed by atoms with van der Waals surface area (Å²) in [4.78, 5) is 11.6. The van der Waals surface area contributed by atoms with Gasteiger partial charge in [0, 0.05) is 13.0 Å². The lowest BCUT2D eigenvalue weighted by molar-refractivity contribution is 0.0950. The van der Waals surface area contributed by atoms with E-state index >= 15 is 0 Å². The molecule has 0 radical (unpaired) electrons. The molecule has 0 aliphatic rings. The van der Waals surface area contributed by atoms with Gasteiger partial charge >= 0.3 is 0 Å². The van der Waals surface area contributed by atoms with Crippen molar-refractivity contribution in [1.82, 2.24) is 5.32 Å². The number of nitrogens with two attached hydrogens (primary N) is 1. The van der Waals surface area contributed by atoms with Crippen molar-refractivity contribution in [2.75, 3.05) is 6.54 Å². The van der Waals surface area contributed by atoms with Crippen molar-refractivity contribution in [1.29, 1.82) is 0 Å². The van der Waals surface area contributed by atoms with Crippen LogP contribution in [0.5, 0.6) is 0 Å². The molecule has 1 amide bonds. The fourth-order valence-corrected chi connectivity index (χ4v) is 1.26. The number of nitrogens with one attached hydrogen (secondary N) is 1. The Kier molecular flexibility index (Phi) is 4.45. The molecule has 4 N–H and O–H groups in total. The minimum Gasteiger partial charge on any atom is -0.409 e. The van der Waals surface area contributed by atoms with Crippen molar-refractivity contribution in [3.05, 3.63) is 35.1 Å². The Morgan fingerprint density at radius 1 is 1.59 bits per heavy atom. The number of amides is 1. The van der Waals surface area contributed by atoms with Crippen LogP contribution in [0.25, 0.3) is 0 Å². The van der Waals surface area contributed by atoms with Gasteiger partial charge in [0.2, 0.25) is 0 Å². The number of hydrogen-bond donors (Lipinski definition) is 3. The zero-order chi connectivity index (χ0) is 12.8. The molecule has 1 aromatic rings. The second-order valence-corrected chi connectivity index (χ2v) is 3.58. The molecular formula is C11H14FN3O2. The Labute approximate surface area is 98.1 Å². The summed E-state index contributed by atoms with van der Waals surface area (Å²) < 4.78 is 13.3. The zero-order valence-electron chi connectivity index (χ0n) is 9.40. The lowest BCUT2D eigenvalue weighted by Gasteiger charge is -2.06. The molecule has 0 bridgehead atoms. The maximum absolute atomic E-state index is 13.3. The first-order valence-electron chi connectivity index (χ1n) is 5.05. The van der Waals surface area contributed by atoms with E-state index in [1.807, 2.05) is 0 Å². The van der Waals surface area contributed by atoms with E-state index < -0.39 is 11.7 Å². The summed E-state index contributed by atoms with van der Waals surface area (Å²) in [5, 5.41) is 13.5. The molecule has 92 valence electrons. The molecule has 5 nitrogen and oxygen atoms in total. The van der Waals surface area contributed by atoms with Gasteiger partial charge in [0.25, 0.3) is 5.91 Å². The molecule has 0 aromatic heterocycles. The highest BCUT2D eigenvalue weighted by molar-refractivity contribution is 5.94. The summed E-state index contributed by atoms with van der Waals surface area (Å²) >= 11 is 0. The third-order valence-corrected chi connectivity index (χ3v) is 2.16. The first-order chi connectivity index (χ1) is 8.04. The van der Waals surface area contributed by atoms with Crippen molar-refractivity contribution < 1.29 is 14.4 Å². The predicted octanol–water partition coefficient (Wildman–Crippen LogP) is 1.00. The maximum Gasteiger partial charge on any atom is 0.254 e. The van der Waals surface area contributed by atoms with Gasteiger partial charge in [-0.15, -0.1) is 0 Å². The number of benzene rings is 1. The molecule has 0 saturated carbocycles. The molecule has 1 aromatic carbocycles. The van der Waals surface area contributed by atoms with Gasteiger partial charge in [-0.2, -0.15) is 0 Å². The van der Waals surface area contributed by atoms with Gasteiger partial charge < -0.3 is 16.3 Å². The Balaban J connectivity index is 2.61. The smallest absolute Gasteiger partial charge is 0.254 e. The highest BCUT2D eigenvalue weighted by Crippen LogP contribution is 2.09. The van der Waals surface area contributed by atoms with Gasteiger partial charge in [-0.3, -0.25) is 4.79 Å². The van der Waals surface area contributed by atoms with Crippen molar-refractivity contribution in [2.24, 2.45) is 10.9 Å². The van der Waals surface area contributed by atoms with Crippen LogP contribution >= 0.6 is 0 Å². The normalized spacial score (nSPS) is 11.3. The number of rotatable bonds is 4. The van der Waals surface area contributed by atoms with Gasteiger partial charge in [0.15, 0.2) is 0 Å². The molecule has 0 heterocycles. The van der Waals surface area contributed by atoms with E-state index in [0.29, 0.717) is 0 Å². The Bertz CT molecular complexity index is 446. The molecule has 0 spiro atoms. The summed E-state index contributed by atoms with van der Waals surface area (Å²) in [6.45, 7) is 1.95. The van der Waals surface area contributed by atoms with Crippen LogP contribution in [0.1, 0.15) is 22.3 Å². The minimum atomic E-state index is -0.572. The van der Waals surface area contributed by atoms with Crippen molar-refractivity contribution in [3.8, 4) is 0 Å². The number of amidine groups is 1. The molecular weight excluding hydrogens is 225 g/mol. The maximum atomic E-state index is 13.3. The van der Waals surface area contributed by atoms with Crippen molar-refractivity contribution in [3.63, 3.8) is 0 Å². The number of oxime groups is 1. The van der Waals surface area contributed by atoms with E-state index in [2.05, 4.69) is 10.5 Å². The van der Waals surface area contributed by atoms with Crippen molar-refractivity contribution in [2.45, 2.75) is 13.3 Å². The Morgan fingerprint density at radius 3 is 2.94 bits per heavy atom. The van der Waals surface area contributed by atoms with Crippen LogP contribution in [-0.4, -0.2) is 23.5 Å². The fraction of sp³-hybridized carbons (Fsp3) is 0.273. The SMILES string of the molecule is Cc1ccc(F)c(C(=O)NCCC(N)=NO)c1. The average Bonchev–Trinajstić information content (AvgIpc) is 2.31. The molecule has 0 saturated heterocycles. The Morgan fingerprint density at radius 2 is 2.29 bits per heavy atom. The molecule has 1 rings (SSSR count). The summed E-state index contributed by atoms with van der Waals surface area (Å²) in [6.07, 6.45) is 0.204. The fourth-order valence-electron chi connectivity index (χ4n) is 1.26. The van der Waals surface area contributed by atoms with E-state index in [1.165, 1.54) is 12.1 Å². The van der Waals surface area contributed by atoms with Crippen LogP contribution in [0.3, 0.4) is 0 Å². The van der Waals surface area contributed by atoms with Gasteiger partial charge in [-0.05, 0) is 19.1 Å². The first-order valence-corrected chi connectivity index (χ1v) is 5.05. The van der Waals surface area contributed by atoms with Crippen LogP contribution in [0, 0.1) is 12.7 Å². The second-order valence-electron chi connectivity index (χ2n) is 3.58. The first kappa shape index (κ1) is 13.0. The molecule has 0 aliphatic carbocycles. The van der Waals surface area contributed by atoms with Crippen LogP contribution in [0.2, 0.25) is 0 Å². The highest BCUT2D eigenvalue weighted by atomic mass is 19.1. The lowest BCUT2D eigenvalue weighted by Crippen LogP contribution is -2.28. The summed E-state index contributed by atoms with van der Waals surface area (Å²) in [6, 6.07) is 4.30. The van der Waals surface area contributed by atoms with E-state index in [1.54, 1.807) is 13.0 Å². The van der Waals surface area contributed by atoms with E-state index in [4.69, 9.17) is 10.9 Å². The number of carbonyl (C=O) groups is 1. The standard InChI is InChI=1S/C11H14FN3O2/c1-7-2-3-9(12)8(6-7)11(16)14-5-4-10(13)15-17/h2-3,6,17H,4-5H2,1H3,(H2,13,15)(H,14,16). The minimum absolute atomic E-state index is 0.00927. The molecule has 0 aliphatic heterocycles. The molecule has 0 atom stereocenters. The Hall–Kier alpha value is -2.11. The summed E-state index contributed by atoms with van der Waals surface area (Å²) in [5.74, 6) is -1.08. The average molecular weight is 239 g/mol. The predicted molar refractivity (Wildman–Crippen MR) is 61.5 cm³/mol. The largest absolute Gasteiger partial charge is 0.409 e. The van der Waals surface area contributed by atoms with Gasteiger partial charge in [0.05, 0.1) is 5.56 Å². The van der Waals surface area contributed by atoms with Gasteiger partial charge in [-0.25, -0.2) is 4.39 Å². The monoisotopic (exact) mass is 239 g/mol. The number of halogens is 1. The van der Waals surface area contributed by atoms with Crippen molar-refractivity contribution >= 4 is 11.7 Å². The van der Waals surface area contributed by atoms with Gasteiger partial charge in [-0.1, -0.05) is 16.8 Å². The van der Waals surface area contributed by atoms with E-state index in [0.717, 1.165) is 5.56 Å². The lowest BCUT2D eigenvalue weighted by atomic mass is 10.1. The third-order valence-electron chi connectivity index (χ3n) is 2.16. The molecule has 17 heavy (non-hydrogen) atoms. The number of nitrogens with zero attached hydrogens (tertiary/aromatic N) is 1. The third kappa shape index (κ3) is 3.75. The summed E-state index contributed by atoms with van der Waals surface area (Å²) in [5.41, 5.74) is 6.02. The van der Waals surface area contributed by atoms with E-state index in [-0.39, 0.29) is 24.4 Å². The molecule has 6 heteroatoms. The van der Waals surface area contributed by atoms with Gasteiger partial charge in [0.1, 0.15) is 11.7 Å². The quantitative estimate of drug-likeness (QED) is 0.317.